The standard InChI is InChI=1S/C8H18N4O2/c9-3-1-2-7(11-5-4-10)12-6-8(13)14/h1-6,9-10H2,(H,11,12)(H,13,14). The van der Waals surface area contributed by atoms with Crippen molar-refractivity contribution >= 4 is 11.8 Å². The van der Waals surface area contributed by atoms with Gasteiger partial charge in [0.15, 0.2) is 0 Å². The number of carboxylic acids is 1. The molecule has 0 aliphatic rings. The number of hydrogen-bond acceptors (Lipinski definition) is 4. The maximum Gasteiger partial charge on any atom is 0.325 e. The van der Waals surface area contributed by atoms with Crippen LogP contribution in [0.5, 0.6) is 0 Å². The van der Waals surface area contributed by atoms with Gasteiger partial charge in [0.25, 0.3) is 0 Å². The molecule has 0 rings (SSSR count). The number of aliphatic imine (C=N–C) groups is 1. The molecule has 0 fully saturated rings. The average Bonchev–Trinajstić information content (AvgIpc) is 2.16. The molecule has 0 aliphatic heterocycles. The Bertz CT molecular complexity index is 184. The van der Waals surface area contributed by atoms with E-state index in [4.69, 9.17) is 16.6 Å². The van der Waals surface area contributed by atoms with Gasteiger partial charge in [0, 0.05) is 19.5 Å². The first-order valence-corrected chi connectivity index (χ1v) is 4.59. The number of hydrogen-bond donors (Lipinski definition) is 4. The van der Waals surface area contributed by atoms with Gasteiger partial charge in [0.1, 0.15) is 6.54 Å². The van der Waals surface area contributed by atoms with Crippen LogP contribution in [0.2, 0.25) is 0 Å². The molecule has 0 amide bonds. The summed E-state index contributed by atoms with van der Waals surface area (Å²) in [6.07, 6.45) is 1.46. The Morgan fingerprint density at radius 3 is 2.57 bits per heavy atom. The maximum absolute atomic E-state index is 10.3. The number of amidine groups is 1. The summed E-state index contributed by atoms with van der Waals surface area (Å²) in [5, 5.41) is 11.4. The highest BCUT2D eigenvalue weighted by molar-refractivity contribution is 5.84. The number of carboxylic acid groups (broad SMARTS) is 1. The van der Waals surface area contributed by atoms with Crippen LogP contribution in [-0.2, 0) is 4.79 Å². The van der Waals surface area contributed by atoms with Crippen molar-refractivity contribution in [2.75, 3.05) is 26.2 Å². The van der Waals surface area contributed by atoms with Crippen molar-refractivity contribution in [3.63, 3.8) is 0 Å². The van der Waals surface area contributed by atoms with Gasteiger partial charge in [-0.25, -0.2) is 0 Å². The molecule has 0 aliphatic carbocycles. The number of nitrogens with two attached hydrogens (primary N) is 2. The van der Waals surface area contributed by atoms with E-state index in [2.05, 4.69) is 10.3 Å². The summed E-state index contributed by atoms with van der Waals surface area (Å²) < 4.78 is 0. The SMILES string of the molecule is NCCCC(=NCC(=O)O)NCCN. The predicted octanol–water partition coefficient (Wildman–Crippen LogP) is -1.24. The monoisotopic (exact) mass is 202 g/mol. The Hall–Kier alpha value is -1.14. The predicted molar refractivity (Wildman–Crippen MR) is 55.3 cm³/mol. The zero-order valence-electron chi connectivity index (χ0n) is 8.20. The normalized spacial score (nSPS) is 11.4. The van der Waals surface area contributed by atoms with E-state index in [0.717, 1.165) is 6.42 Å². The van der Waals surface area contributed by atoms with Gasteiger partial charge in [-0.3, -0.25) is 9.79 Å². The van der Waals surface area contributed by atoms with E-state index in [1.54, 1.807) is 0 Å². The summed E-state index contributed by atoms with van der Waals surface area (Å²) in [6, 6.07) is 0. The molecule has 0 saturated carbocycles. The fourth-order valence-corrected chi connectivity index (χ4v) is 0.872. The molecule has 0 bridgehead atoms. The second kappa shape index (κ2) is 8.46. The highest BCUT2D eigenvalue weighted by Crippen LogP contribution is 1.89. The quantitative estimate of drug-likeness (QED) is 0.304. The average molecular weight is 202 g/mol. The highest BCUT2D eigenvalue weighted by atomic mass is 16.4. The van der Waals surface area contributed by atoms with Crippen molar-refractivity contribution in [3.05, 3.63) is 0 Å². The Labute approximate surface area is 83.4 Å². The molecular weight excluding hydrogens is 184 g/mol. The molecule has 14 heavy (non-hydrogen) atoms. The second-order valence-corrected chi connectivity index (χ2v) is 2.76. The van der Waals surface area contributed by atoms with E-state index in [-0.39, 0.29) is 6.54 Å². The summed E-state index contributed by atoms with van der Waals surface area (Å²) in [7, 11) is 0. The van der Waals surface area contributed by atoms with Gasteiger partial charge in [0.05, 0.1) is 5.84 Å². The van der Waals surface area contributed by atoms with Crippen molar-refractivity contribution in [2.45, 2.75) is 12.8 Å². The van der Waals surface area contributed by atoms with Crippen LogP contribution in [0.25, 0.3) is 0 Å². The third-order valence-corrected chi connectivity index (χ3v) is 1.50. The van der Waals surface area contributed by atoms with Gasteiger partial charge in [-0.1, -0.05) is 0 Å². The topological polar surface area (TPSA) is 114 Å². The molecule has 6 N–H and O–H groups in total. The van der Waals surface area contributed by atoms with Crippen LogP contribution in [0, 0.1) is 0 Å². The molecule has 0 aromatic carbocycles. The number of nitrogens with zero attached hydrogens (tertiary/aromatic N) is 1. The maximum atomic E-state index is 10.3. The van der Waals surface area contributed by atoms with Crippen molar-refractivity contribution in [1.29, 1.82) is 0 Å². The first-order valence-electron chi connectivity index (χ1n) is 4.59. The fraction of sp³-hybridized carbons (Fsp3) is 0.750. The molecular formula is C8H18N4O2. The van der Waals surface area contributed by atoms with Crippen molar-refractivity contribution in [2.24, 2.45) is 16.5 Å². The molecule has 0 heterocycles. The molecule has 0 radical (unpaired) electrons. The van der Waals surface area contributed by atoms with Crippen molar-refractivity contribution in [3.8, 4) is 0 Å². The molecule has 0 unspecified atom stereocenters. The summed E-state index contributed by atoms with van der Waals surface area (Å²) in [5.74, 6) is -0.270. The lowest BCUT2D eigenvalue weighted by Crippen LogP contribution is -2.30. The van der Waals surface area contributed by atoms with Crippen molar-refractivity contribution < 1.29 is 9.90 Å². The van der Waals surface area contributed by atoms with Crippen LogP contribution in [0.1, 0.15) is 12.8 Å². The summed E-state index contributed by atoms with van der Waals surface area (Å²) in [4.78, 5) is 14.2. The minimum atomic E-state index is -0.940. The van der Waals surface area contributed by atoms with Crippen LogP contribution in [0.3, 0.4) is 0 Å². The van der Waals surface area contributed by atoms with Crippen LogP contribution in [-0.4, -0.2) is 43.1 Å². The first kappa shape index (κ1) is 12.9. The van der Waals surface area contributed by atoms with Gasteiger partial charge in [-0.15, -0.1) is 0 Å². The van der Waals surface area contributed by atoms with Gasteiger partial charge < -0.3 is 21.9 Å². The number of nitrogens with one attached hydrogen (secondary N) is 1. The highest BCUT2D eigenvalue weighted by Gasteiger charge is 1.99. The minimum absolute atomic E-state index is 0.211. The van der Waals surface area contributed by atoms with E-state index in [1.165, 1.54) is 0 Å². The summed E-state index contributed by atoms with van der Waals surface area (Å²) in [5.41, 5.74) is 10.6. The Morgan fingerprint density at radius 1 is 1.36 bits per heavy atom. The lowest BCUT2D eigenvalue weighted by molar-refractivity contribution is -0.135. The molecule has 0 aromatic heterocycles. The summed E-state index contributed by atoms with van der Waals surface area (Å²) in [6.45, 7) is 1.45. The Kier molecular flexibility index (Phi) is 7.77. The van der Waals surface area contributed by atoms with Gasteiger partial charge in [-0.2, -0.15) is 0 Å². The third kappa shape index (κ3) is 7.51. The zero-order valence-corrected chi connectivity index (χ0v) is 8.20. The van der Waals surface area contributed by atoms with E-state index >= 15 is 0 Å². The van der Waals surface area contributed by atoms with E-state index in [1.807, 2.05) is 0 Å². The molecule has 0 spiro atoms. The Balaban J connectivity index is 3.94. The largest absolute Gasteiger partial charge is 0.480 e. The lowest BCUT2D eigenvalue weighted by Gasteiger charge is -2.07. The summed E-state index contributed by atoms with van der Waals surface area (Å²) >= 11 is 0. The molecule has 6 nitrogen and oxygen atoms in total. The number of carbonyl (C=O) groups is 1. The molecule has 6 heteroatoms. The van der Waals surface area contributed by atoms with E-state index < -0.39 is 5.97 Å². The van der Waals surface area contributed by atoms with E-state index in [9.17, 15) is 4.79 Å². The molecule has 0 saturated heterocycles. The van der Waals surface area contributed by atoms with E-state index in [0.29, 0.717) is 31.9 Å². The molecule has 0 atom stereocenters. The van der Waals surface area contributed by atoms with Crippen LogP contribution in [0.15, 0.2) is 4.99 Å². The van der Waals surface area contributed by atoms with Gasteiger partial charge in [0.2, 0.25) is 0 Å². The van der Waals surface area contributed by atoms with Crippen LogP contribution >= 0.6 is 0 Å². The lowest BCUT2D eigenvalue weighted by atomic mass is 10.3. The van der Waals surface area contributed by atoms with Gasteiger partial charge >= 0.3 is 5.97 Å². The van der Waals surface area contributed by atoms with Gasteiger partial charge in [-0.05, 0) is 13.0 Å². The number of rotatable bonds is 7. The Morgan fingerprint density at radius 2 is 2.07 bits per heavy atom. The minimum Gasteiger partial charge on any atom is -0.480 e. The fourth-order valence-electron chi connectivity index (χ4n) is 0.872. The smallest absolute Gasteiger partial charge is 0.325 e. The first-order chi connectivity index (χ1) is 6.70. The third-order valence-electron chi connectivity index (χ3n) is 1.50. The molecule has 0 aromatic rings. The molecule has 82 valence electrons. The second-order valence-electron chi connectivity index (χ2n) is 2.76. The van der Waals surface area contributed by atoms with Crippen molar-refractivity contribution in [1.82, 2.24) is 5.32 Å². The zero-order chi connectivity index (χ0) is 10.8. The number of aliphatic carboxylic acids is 1. The van der Waals surface area contributed by atoms with Crippen LogP contribution in [0.4, 0.5) is 0 Å². The van der Waals surface area contributed by atoms with Crippen LogP contribution < -0.4 is 16.8 Å².